The maximum absolute atomic E-state index is 9.96. The van der Waals surface area contributed by atoms with Gasteiger partial charge in [-0.3, -0.25) is 4.98 Å². The molecule has 0 aliphatic carbocycles. The number of ether oxygens (including phenoxy) is 1. The SMILES string of the molecule is Cc1cccc(C(O)[C@H]2CCCO2)n1. The van der Waals surface area contributed by atoms with E-state index in [9.17, 15) is 5.11 Å². The zero-order chi connectivity index (χ0) is 9.97. The molecule has 2 atom stereocenters. The second-order valence-electron chi connectivity index (χ2n) is 3.70. The number of aliphatic hydroxyl groups is 1. The van der Waals surface area contributed by atoms with Gasteiger partial charge in [0.2, 0.25) is 0 Å². The van der Waals surface area contributed by atoms with Gasteiger partial charge in [-0.25, -0.2) is 0 Å². The summed E-state index contributed by atoms with van der Waals surface area (Å²) in [6, 6.07) is 5.68. The Morgan fingerprint density at radius 2 is 2.43 bits per heavy atom. The first-order valence-corrected chi connectivity index (χ1v) is 5.00. The van der Waals surface area contributed by atoms with Crippen molar-refractivity contribution in [1.29, 1.82) is 0 Å². The molecule has 1 aliphatic heterocycles. The minimum atomic E-state index is -0.572. The van der Waals surface area contributed by atoms with Gasteiger partial charge in [0, 0.05) is 12.3 Å². The lowest BCUT2D eigenvalue weighted by atomic mass is 10.1. The fraction of sp³-hybridized carbons (Fsp3) is 0.545. The third kappa shape index (κ3) is 1.94. The van der Waals surface area contributed by atoms with Crippen LogP contribution in [0.2, 0.25) is 0 Å². The number of rotatable bonds is 2. The highest BCUT2D eigenvalue weighted by Gasteiger charge is 2.26. The first kappa shape index (κ1) is 9.62. The van der Waals surface area contributed by atoms with Gasteiger partial charge in [0.25, 0.3) is 0 Å². The molecule has 0 bridgehead atoms. The van der Waals surface area contributed by atoms with Crippen molar-refractivity contribution in [2.45, 2.75) is 32.0 Å². The van der Waals surface area contributed by atoms with E-state index in [4.69, 9.17) is 4.74 Å². The minimum absolute atomic E-state index is 0.0655. The van der Waals surface area contributed by atoms with E-state index < -0.39 is 6.10 Å². The van der Waals surface area contributed by atoms with Gasteiger partial charge >= 0.3 is 0 Å². The summed E-state index contributed by atoms with van der Waals surface area (Å²) < 4.78 is 5.42. The number of hydrogen-bond donors (Lipinski definition) is 1. The Labute approximate surface area is 83.7 Å². The molecule has 1 N–H and O–H groups in total. The molecule has 1 aromatic heterocycles. The van der Waals surface area contributed by atoms with Crippen LogP contribution in [-0.2, 0) is 4.74 Å². The van der Waals surface area contributed by atoms with Crippen molar-refractivity contribution < 1.29 is 9.84 Å². The highest BCUT2D eigenvalue weighted by atomic mass is 16.5. The molecule has 1 aliphatic rings. The molecule has 1 fully saturated rings. The summed E-state index contributed by atoms with van der Waals surface area (Å²) in [5.74, 6) is 0. The van der Waals surface area contributed by atoms with Crippen molar-refractivity contribution in [3.63, 3.8) is 0 Å². The van der Waals surface area contributed by atoms with Gasteiger partial charge in [0.05, 0.1) is 11.8 Å². The molecule has 1 saturated heterocycles. The molecule has 0 amide bonds. The molecular formula is C11H15NO2. The number of pyridine rings is 1. The van der Waals surface area contributed by atoms with E-state index >= 15 is 0 Å². The Kier molecular flexibility index (Phi) is 2.79. The van der Waals surface area contributed by atoms with Crippen LogP contribution in [0.15, 0.2) is 18.2 Å². The average molecular weight is 193 g/mol. The molecule has 0 spiro atoms. The number of nitrogens with zero attached hydrogens (tertiary/aromatic N) is 1. The fourth-order valence-corrected chi connectivity index (χ4v) is 1.77. The lowest BCUT2D eigenvalue weighted by Crippen LogP contribution is -2.18. The topological polar surface area (TPSA) is 42.4 Å². The van der Waals surface area contributed by atoms with E-state index in [2.05, 4.69) is 4.98 Å². The van der Waals surface area contributed by atoms with Gasteiger partial charge in [-0.05, 0) is 31.9 Å². The second kappa shape index (κ2) is 4.07. The molecule has 0 aromatic carbocycles. The van der Waals surface area contributed by atoms with E-state index in [1.165, 1.54) is 0 Å². The number of aliphatic hydroxyl groups excluding tert-OH is 1. The molecule has 14 heavy (non-hydrogen) atoms. The van der Waals surface area contributed by atoms with Crippen LogP contribution >= 0.6 is 0 Å². The maximum Gasteiger partial charge on any atom is 0.122 e. The van der Waals surface area contributed by atoms with Crippen molar-refractivity contribution in [2.24, 2.45) is 0 Å². The Hall–Kier alpha value is -0.930. The zero-order valence-corrected chi connectivity index (χ0v) is 8.31. The quantitative estimate of drug-likeness (QED) is 0.775. The normalized spacial score (nSPS) is 23.7. The molecule has 76 valence electrons. The van der Waals surface area contributed by atoms with Gasteiger partial charge < -0.3 is 9.84 Å². The minimum Gasteiger partial charge on any atom is -0.384 e. The molecule has 0 saturated carbocycles. The van der Waals surface area contributed by atoms with Crippen molar-refractivity contribution in [3.05, 3.63) is 29.6 Å². The largest absolute Gasteiger partial charge is 0.384 e. The van der Waals surface area contributed by atoms with Crippen molar-refractivity contribution in [2.75, 3.05) is 6.61 Å². The van der Waals surface area contributed by atoms with Crippen LogP contribution in [-0.4, -0.2) is 22.8 Å². The fourth-order valence-electron chi connectivity index (χ4n) is 1.77. The molecular weight excluding hydrogens is 178 g/mol. The summed E-state index contributed by atoms with van der Waals surface area (Å²) in [5.41, 5.74) is 1.65. The van der Waals surface area contributed by atoms with E-state index in [1.807, 2.05) is 25.1 Å². The smallest absolute Gasteiger partial charge is 0.122 e. The summed E-state index contributed by atoms with van der Waals surface area (Å²) >= 11 is 0. The lowest BCUT2D eigenvalue weighted by molar-refractivity contribution is -0.00476. The van der Waals surface area contributed by atoms with Gasteiger partial charge in [-0.15, -0.1) is 0 Å². The van der Waals surface area contributed by atoms with Gasteiger partial charge in [0.1, 0.15) is 6.10 Å². The molecule has 3 nitrogen and oxygen atoms in total. The summed E-state index contributed by atoms with van der Waals surface area (Å²) in [4.78, 5) is 4.29. The molecule has 0 radical (unpaired) electrons. The Morgan fingerprint density at radius 1 is 1.57 bits per heavy atom. The zero-order valence-electron chi connectivity index (χ0n) is 8.31. The van der Waals surface area contributed by atoms with Crippen molar-refractivity contribution in [3.8, 4) is 0 Å². The summed E-state index contributed by atoms with van der Waals surface area (Å²) in [7, 11) is 0. The summed E-state index contributed by atoms with van der Waals surface area (Å²) in [5, 5.41) is 9.96. The second-order valence-corrected chi connectivity index (χ2v) is 3.70. The van der Waals surface area contributed by atoms with E-state index in [1.54, 1.807) is 0 Å². The summed E-state index contributed by atoms with van der Waals surface area (Å²) in [6.07, 6.45) is 1.33. The Bertz CT molecular complexity index is 308. The monoisotopic (exact) mass is 193 g/mol. The predicted octanol–water partition coefficient (Wildman–Crippen LogP) is 1.60. The first-order valence-electron chi connectivity index (χ1n) is 5.00. The predicted molar refractivity (Wildman–Crippen MR) is 52.9 cm³/mol. The van der Waals surface area contributed by atoms with Crippen LogP contribution in [0.1, 0.15) is 30.3 Å². The van der Waals surface area contributed by atoms with E-state index in [0.29, 0.717) is 0 Å². The highest BCUT2D eigenvalue weighted by Crippen LogP contribution is 2.25. The third-order valence-electron chi connectivity index (χ3n) is 2.53. The van der Waals surface area contributed by atoms with Gasteiger partial charge in [-0.2, -0.15) is 0 Å². The van der Waals surface area contributed by atoms with Gasteiger partial charge in [-0.1, -0.05) is 6.07 Å². The first-order chi connectivity index (χ1) is 6.77. The number of aryl methyl sites for hydroxylation is 1. The van der Waals surface area contributed by atoms with Crippen LogP contribution in [0.5, 0.6) is 0 Å². The third-order valence-corrected chi connectivity index (χ3v) is 2.53. The maximum atomic E-state index is 9.96. The lowest BCUT2D eigenvalue weighted by Gasteiger charge is -2.16. The molecule has 2 rings (SSSR count). The van der Waals surface area contributed by atoms with Crippen LogP contribution in [0, 0.1) is 6.92 Å². The Morgan fingerprint density at radius 3 is 3.07 bits per heavy atom. The van der Waals surface area contributed by atoms with Crippen LogP contribution in [0.25, 0.3) is 0 Å². The highest BCUT2D eigenvalue weighted by molar-refractivity contribution is 5.13. The number of hydrogen-bond acceptors (Lipinski definition) is 3. The van der Waals surface area contributed by atoms with Crippen LogP contribution in [0.4, 0.5) is 0 Å². The van der Waals surface area contributed by atoms with Crippen LogP contribution in [0.3, 0.4) is 0 Å². The Balaban J connectivity index is 2.13. The van der Waals surface area contributed by atoms with Crippen molar-refractivity contribution >= 4 is 0 Å². The van der Waals surface area contributed by atoms with Crippen molar-refractivity contribution in [1.82, 2.24) is 4.98 Å². The summed E-state index contributed by atoms with van der Waals surface area (Å²) in [6.45, 7) is 2.68. The molecule has 3 heteroatoms. The molecule has 1 aromatic rings. The van der Waals surface area contributed by atoms with Crippen LogP contribution < -0.4 is 0 Å². The van der Waals surface area contributed by atoms with Gasteiger partial charge in [0.15, 0.2) is 0 Å². The standard InChI is InChI=1S/C11H15NO2/c1-8-4-2-5-9(12-8)11(13)10-6-3-7-14-10/h2,4-5,10-11,13H,3,6-7H2,1H3/t10-,11?/m1/s1. The molecule has 2 heterocycles. The number of aromatic nitrogens is 1. The van der Waals surface area contributed by atoms with E-state index in [0.717, 1.165) is 30.8 Å². The average Bonchev–Trinajstić information content (AvgIpc) is 2.69. The molecule has 1 unspecified atom stereocenters. The van der Waals surface area contributed by atoms with E-state index in [-0.39, 0.29) is 6.10 Å².